The molecular formula is C22H18F6N4O. The minimum atomic E-state index is -4.77. The Morgan fingerprint density at radius 3 is 2.67 bits per heavy atom. The molecule has 0 bridgehead atoms. The Labute approximate surface area is 184 Å². The molecule has 1 atom stereocenters. The number of anilines is 1. The molecule has 0 saturated carbocycles. The number of fused-ring (bicyclic) bond motifs is 1. The van der Waals surface area contributed by atoms with Gasteiger partial charge < -0.3 is 10.2 Å². The SMILES string of the molecule is O=C(c1nccc2ccccc12)N1CCC(F)(F)C[C@H]1CNc1ncc(C(F)(F)F)cc1F. The maximum absolute atomic E-state index is 14.1. The number of nitrogens with zero attached hydrogens (tertiary/aromatic N) is 3. The quantitative estimate of drug-likeness (QED) is 0.539. The zero-order chi connectivity index (χ0) is 23.8. The van der Waals surface area contributed by atoms with Crippen molar-refractivity contribution in [2.24, 2.45) is 0 Å². The molecule has 3 aromatic rings. The van der Waals surface area contributed by atoms with Crippen molar-refractivity contribution in [3.05, 3.63) is 65.9 Å². The molecule has 33 heavy (non-hydrogen) atoms. The van der Waals surface area contributed by atoms with Crippen molar-refractivity contribution < 1.29 is 31.1 Å². The van der Waals surface area contributed by atoms with Gasteiger partial charge in [-0.3, -0.25) is 9.78 Å². The van der Waals surface area contributed by atoms with Crippen LogP contribution in [0.3, 0.4) is 0 Å². The van der Waals surface area contributed by atoms with Crippen LogP contribution < -0.4 is 5.32 Å². The molecule has 0 radical (unpaired) electrons. The first-order chi connectivity index (χ1) is 15.5. The van der Waals surface area contributed by atoms with E-state index in [2.05, 4.69) is 15.3 Å². The van der Waals surface area contributed by atoms with E-state index in [1.807, 2.05) is 0 Å². The van der Waals surface area contributed by atoms with Crippen LogP contribution in [-0.2, 0) is 6.18 Å². The number of hydrogen-bond donors (Lipinski definition) is 1. The third kappa shape index (κ3) is 4.86. The van der Waals surface area contributed by atoms with Gasteiger partial charge in [0, 0.05) is 43.7 Å². The molecule has 4 rings (SSSR count). The van der Waals surface area contributed by atoms with Gasteiger partial charge in [-0.05, 0) is 17.5 Å². The fraction of sp³-hybridized carbons (Fsp3) is 0.318. The van der Waals surface area contributed by atoms with E-state index in [0.29, 0.717) is 11.6 Å². The van der Waals surface area contributed by atoms with Crippen molar-refractivity contribution >= 4 is 22.5 Å². The number of amides is 1. The van der Waals surface area contributed by atoms with Crippen LogP contribution in [0, 0.1) is 5.82 Å². The second-order valence-electron chi connectivity index (χ2n) is 7.78. The van der Waals surface area contributed by atoms with Crippen LogP contribution in [0.2, 0.25) is 0 Å². The zero-order valence-electron chi connectivity index (χ0n) is 17.0. The number of nitrogens with one attached hydrogen (secondary N) is 1. The minimum Gasteiger partial charge on any atom is -0.366 e. The van der Waals surface area contributed by atoms with E-state index < -0.39 is 54.1 Å². The third-order valence-electron chi connectivity index (χ3n) is 5.50. The number of hydrogen-bond acceptors (Lipinski definition) is 4. The summed E-state index contributed by atoms with van der Waals surface area (Å²) in [4.78, 5) is 22.0. The molecule has 1 amide bonds. The van der Waals surface area contributed by atoms with E-state index in [0.717, 1.165) is 5.39 Å². The number of benzene rings is 1. The van der Waals surface area contributed by atoms with E-state index in [4.69, 9.17) is 0 Å². The average molecular weight is 468 g/mol. The normalized spacial score (nSPS) is 18.4. The van der Waals surface area contributed by atoms with Gasteiger partial charge in [0.25, 0.3) is 11.8 Å². The fourth-order valence-electron chi connectivity index (χ4n) is 3.84. The molecule has 2 aromatic heterocycles. The van der Waals surface area contributed by atoms with E-state index in [-0.39, 0.29) is 24.8 Å². The molecule has 1 saturated heterocycles. The number of aromatic nitrogens is 2. The van der Waals surface area contributed by atoms with Crippen LogP contribution >= 0.6 is 0 Å². The Balaban J connectivity index is 1.58. The summed E-state index contributed by atoms with van der Waals surface area (Å²) in [7, 11) is 0. The van der Waals surface area contributed by atoms with Gasteiger partial charge in [0.2, 0.25) is 0 Å². The van der Waals surface area contributed by atoms with Crippen molar-refractivity contribution in [2.75, 3.05) is 18.4 Å². The van der Waals surface area contributed by atoms with Crippen LogP contribution in [0.15, 0.2) is 48.8 Å². The molecule has 1 N–H and O–H groups in total. The highest BCUT2D eigenvalue weighted by Crippen LogP contribution is 2.34. The third-order valence-corrected chi connectivity index (χ3v) is 5.50. The molecule has 1 fully saturated rings. The average Bonchev–Trinajstić information content (AvgIpc) is 2.76. The van der Waals surface area contributed by atoms with Crippen molar-refractivity contribution in [1.29, 1.82) is 0 Å². The number of halogens is 6. The number of alkyl halides is 5. The van der Waals surface area contributed by atoms with Crippen LogP contribution in [0.4, 0.5) is 32.2 Å². The van der Waals surface area contributed by atoms with Gasteiger partial charge in [-0.25, -0.2) is 18.2 Å². The summed E-state index contributed by atoms with van der Waals surface area (Å²) in [5.41, 5.74) is -1.17. The maximum Gasteiger partial charge on any atom is 0.417 e. The highest BCUT2D eigenvalue weighted by atomic mass is 19.4. The number of carbonyl (C=O) groups excluding carboxylic acids is 1. The van der Waals surface area contributed by atoms with E-state index in [1.54, 1.807) is 30.3 Å². The number of carbonyl (C=O) groups is 1. The lowest BCUT2D eigenvalue weighted by molar-refractivity contribution is -0.138. The molecule has 1 aromatic carbocycles. The molecule has 5 nitrogen and oxygen atoms in total. The Hall–Kier alpha value is -3.37. The first-order valence-corrected chi connectivity index (χ1v) is 10.0. The lowest BCUT2D eigenvalue weighted by Gasteiger charge is -2.39. The minimum absolute atomic E-state index is 0.0992. The van der Waals surface area contributed by atoms with Gasteiger partial charge in [0.1, 0.15) is 5.69 Å². The van der Waals surface area contributed by atoms with Gasteiger partial charge >= 0.3 is 6.18 Å². The lowest BCUT2D eigenvalue weighted by Crippen LogP contribution is -2.52. The summed E-state index contributed by atoms with van der Waals surface area (Å²) in [6.07, 6.45) is -4.12. The van der Waals surface area contributed by atoms with Gasteiger partial charge in [-0.2, -0.15) is 13.2 Å². The first-order valence-electron chi connectivity index (χ1n) is 10.0. The summed E-state index contributed by atoms with van der Waals surface area (Å²) >= 11 is 0. The number of likely N-dealkylation sites (tertiary alicyclic amines) is 1. The van der Waals surface area contributed by atoms with E-state index >= 15 is 0 Å². The maximum atomic E-state index is 14.1. The predicted molar refractivity (Wildman–Crippen MR) is 108 cm³/mol. The smallest absolute Gasteiger partial charge is 0.366 e. The number of rotatable bonds is 4. The summed E-state index contributed by atoms with van der Waals surface area (Å²) in [6.45, 7) is -0.590. The first kappa shape index (κ1) is 22.8. The largest absolute Gasteiger partial charge is 0.417 e. The number of piperidine rings is 1. The molecular weight excluding hydrogens is 450 g/mol. The Bertz CT molecular complexity index is 1180. The summed E-state index contributed by atoms with van der Waals surface area (Å²) in [5.74, 6) is -5.41. The highest BCUT2D eigenvalue weighted by molar-refractivity contribution is 6.05. The van der Waals surface area contributed by atoms with Crippen molar-refractivity contribution in [3.63, 3.8) is 0 Å². The van der Waals surface area contributed by atoms with Gasteiger partial charge in [0.15, 0.2) is 11.6 Å². The van der Waals surface area contributed by atoms with Gasteiger partial charge in [0.05, 0.1) is 11.6 Å². The Morgan fingerprint density at radius 2 is 1.94 bits per heavy atom. The topological polar surface area (TPSA) is 58.1 Å². The van der Waals surface area contributed by atoms with Crippen molar-refractivity contribution in [1.82, 2.24) is 14.9 Å². The Morgan fingerprint density at radius 1 is 1.18 bits per heavy atom. The second-order valence-corrected chi connectivity index (χ2v) is 7.78. The number of pyridine rings is 2. The molecule has 174 valence electrons. The summed E-state index contributed by atoms with van der Waals surface area (Å²) < 4.78 is 80.5. The van der Waals surface area contributed by atoms with Gasteiger partial charge in [-0.15, -0.1) is 0 Å². The molecule has 0 unspecified atom stereocenters. The predicted octanol–water partition coefficient (Wildman–Crippen LogP) is 5.14. The zero-order valence-corrected chi connectivity index (χ0v) is 17.0. The Kier molecular flexibility index (Phi) is 5.89. The van der Waals surface area contributed by atoms with Crippen LogP contribution in [0.5, 0.6) is 0 Å². The summed E-state index contributed by atoms with van der Waals surface area (Å²) in [5, 5.41) is 3.78. The van der Waals surface area contributed by atoms with Crippen LogP contribution in [0.25, 0.3) is 10.8 Å². The standard InChI is InChI=1S/C22H18F6N4O/c23-17-9-14(22(26,27)28)11-30-19(17)31-12-15-10-21(24,25)6-8-32(15)20(33)18-16-4-2-1-3-13(16)5-7-29-18/h1-5,7,9,11,15H,6,8,10,12H2,(H,30,31)/t15-/m0/s1. The molecule has 1 aliphatic heterocycles. The van der Waals surface area contributed by atoms with E-state index in [1.165, 1.54) is 11.1 Å². The van der Waals surface area contributed by atoms with Gasteiger partial charge in [-0.1, -0.05) is 24.3 Å². The monoisotopic (exact) mass is 468 g/mol. The lowest BCUT2D eigenvalue weighted by atomic mass is 9.97. The highest BCUT2D eigenvalue weighted by Gasteiger charge is 2.42. The molecule has 0 aliphatic carbocycles. The fourth-order valence-corrected chi connectivity index (χ4v) is 3.84. The molecule has 3 heterocycles. The van der Waals surface area contributed by atoms with Crippen LogP contribution in [-0.4, -0.2) is 45.8 Å². The molecule has 11 heteroatoms. The molecule has 1 aliphatic rings. The summed E-state index contributed by atoms with van der Waals surface area (Å²) in [6, 6.07) is 7.92. The molecule has 0 spiro atoms. The van der Waals surface area contributed by atoms with E-state index in [9.17, 15) is 31.1 Å². The van der Waals surface area contributed by atoms with Crippen LogP contribution in [0.1, 0.15) is 28.9 Å². The van der Waals surface area contributed by atoms with Crippen molar-refractivity contribution in [3.8, 4) is 0 Å². The second kappa shape index (κ2) is 8.53. The van der Waals surface area contributed by atoms with Crippen molar-refractivity contribution in [2.45, 2.75) is 31.0 Å².